The number of aliphatic carboxylic acids is 1. The molecular formula is C18H18FN3O5. The van der Waals surface area contributed by atoms with Crippen LogP contribution in [0.4, 0.5) is 4.39 Å². The quantitative estimate of drug-likeness (QED) is 0.718. The Balaban J connectivity index is 1.80. The molecule has 0 amide bonds. The van der Waals surface area contributed by atoms with Crippen molar-refractivity contribution in [2.24, 2.45) is 0 Å². The molecular weight excluding hydrogens is 357 g/mol. The fraction of sp³-hybridized carbons (Fsp3) is 0.333. The predicted octanol–water partition coefficient (Wildman–Crippen LogP) is 0.804. The molecule has 0 unspecified atom stereocenters. The van der Waals surface area contributed by atoms with Gasteiger partial charge < -0.3 is 10.2 Å². The zero-order valence-corrected chi connectivity index (χ0v) is 14.4. The van der Waals surface area contributed by atoms with Gasteiger partial charge in [0.2, 0.25) is 5.75 Å². The summed E-state index contributed by atoms with van der Waals surface area (Å²) in [6.45, 7) is 0.412. The number of Topliss-reactive ketones (excluding diaryl/α,β-unsaturated/α-hetero) is 1. The van der Waals surface area contributed by atoms with Crippen LogP contribution < -0.4 is 5.56 Å². The summed E-state index contributed by atoms with van der Waals surface area (Å²) in [5.74, 6) is -2.34. The van der Waals surface area contributed by atoms with Crippen molar-refractivity contribution in [2.45, 2.75) is 25.9 Å². The van der Waals surface area contributed by atoms with Crippen molar-refractivity contribution in [1.82, 2.24) is 14.5 Å². The van der Waals surface area contributed by atoms with Gasteiger partial charge in [0, 0.05) is 19.5 Å². The molecule has 0 atom stereocenters. The van der Waals surface area contributed by atoms with E-state index in [0.717, 1.165) is 5.56 Å². The fourth-order valence-electron chi connectivity index (χ4n) is 3.01. The standard InChI is InChI=1S/C18H18FN3O5/c19-12-4-1-11(2-5-12)3-6-13(23)16-17(26)18(27)22-8-7-21(10-15(24)25)9-14(22)20-16/h1-2,4-5,26H,3,6-10H2,(H,24,25). The first kappa shape index (κ1) is 18.7. The summed E-state index contributed by atoms with van der Waals surface area (Å²) in [7, 11) is 0. The Morgan fingerprint density at radius 3 is 2.56 bits per heavy atom. The van der Waals surface area contributed by atoms with Gasteiger partial charge in [-0.2, -0.15) is 0 Å². The number of aromatic nitrogens is 2. The van der Waals surface area contributed by atoms with Gasteiger partial charge in [-0.25, -0.2) is 9.37 Å². The number of nitrogens with zero attached hydrogens (tertiary/aromatic N) is 3. The van der Waals surface area contributed by atoms with Gasteiger partial charge in [0.1, 0.15) is 11.6 Å². The second-order valence-corrected chi connectivity index (χ2v) is 6.34. The lowest BCUT2D eigenvalue weighted by molar-refractivity contribution is -0.138. The molecule has 142 valence electrons. The first-order valence-corrected chi connectivity index (χ1v) is 8.39. The van der Waals surface area contributed by atoms with Crippen LogP contribution >= 0.6 is 0 Å². The molecule has 1 aromatic carbocycles. The number of carboxylic acids is 1. The molecule has 1 aliphatic heterocycles. The van der Waals surface area contributed by atoms with Gasteiger partial charge in [-0.05, 0) is 24.1 Å². The summed E-state index contributed by atoms with van der Waals surface area (Å²) < 4.78 is 14.2. The van der Waals surface area contributed by atoms with Gasteiger partial charge in [-0.15, -0.1) is 0 Å². The van der Waals surface area contributed by atoms with E-state index in [1.807, 2.05) is 0 Å². The summed E-state index contributed by atoms with van der Waals surface area (Å²) in [5.41, 5.74) is -0.280. The highest BCUT2D eigenvalue weighted by Crippen LogP contribution is 2.17. The number of ketones is 1. The molecule has 0 fully saturated rings. The van der Waals surface area contributed by atoms with E-state index in [-0.39, 0.29) is 43.4 Å². The van der Waals surface area contributed by atoms with Gasteiger partial charge in [0.15, 0.2) is 11.5 Å². The molecule has 0 saturated heterocycles. The molecule has 0 saturated carbocycles. The Labute approximate surface area is 153 Å². The topological polar surface area (TPSA) is 113 Å². The summed E-state index contributed by atoms with van der Waals surface area (Å²) in [4.78, 5) is 41.4. The number of benzene rings is 1. The smallest absolute Gasteiger partial charge is 0.317 e. The highest BCUT2D eigenvalue weighted by molar-refractivity contribution is 5.96. The van der Waals surface area contributed by atoms with Crippen LogP contribution in [0, 0.1) is 5.82 Å². The molecule has 0 bridgehead atoms. The number of halogens is 1. The highest BCUT2D eigenvalue weighted by Gasteiger charge is 2.25. The van der Waals surface area contributed by atoms with Crippen molar-refractivity contribution in [2.75, 3.05) is 13.1 Å². The molecule has 3 rings (SSSR count). The molecule has 27 heavy (non-hydrogen) atoms. The Kier molecular flexibility index (Phi) is 5.31. The van der Waals surface area contributed by atoms with Crippen LogP contribution in [0.2, 0.25) is 0 Å². The molecule has 1 aliphatic rings. The minimum absolute atomic E-state index is 0.00603. The summed E-state index contributed by atoms with van der Waals surface area (Å²) in [6, 6.07) is 5.69. The first-order valence-electron chi connectivity index (χ1n) is 8.39. The third-order valence-corrected chi connectivity index (χ3v) is 4.41. The lowest BCUT2D eigenvalue weighted by atomic mass is 10.1. The van der Waals surface area contributed by atoms with Crippen molar-refractivity contribution in [3.8, 4) is 5.75 Å². The minimum Gasteiger partial charge on any atom is -0.501 e. The third-order valence-electron chi connectivity index (χ3n) is 4.41. The molecule has 0 aliphatic carbocycles. The van der Waals surface area contributed by atoms with Crippen LogP contribution in [0.15, 0.2) is 29.1 Å². The van der Waals surface area contributed by atoms with Gasteiger partial charge >= 0.3 is 5.97 Å². The first-order chi connectivity index (χ1) is 12.8. The maximum absolute atomic E-state index is 12.9. The number of rotatable bonds is 6. The molecule has 2 aromatic rings. The Morgan fingerprint density at radius 2 is 1.89 bits per heavy atom. The lowest BCUT2D eigenvalue weighted by Gasteiger charge is -2.27. The van der Waals surface area contributed by atoms with Crippen LogP contribution in [-0.2, 0) is 24.3 Å². The number of hydrogen-bond acceptors (Lipinski definition) is 6. The third kappa shape index (κ3) is 4.20. The number of aromatic hydroxyl groups is 1. The van der Waals surface area contributed by atoms with E-state index in [9.17, 15) is 23.9 Å². The molecule has 1 aromatic heterocycles. The summed E-state index contributed by atoms with van der Waals surface area (Å²) >= 11 is 0. The lowest BCUT2D eigenvalue weighted by Crippen LogP contribution is -2.42. The van der Waals surface area contributed by atoms with Gasteiger partial charge in [-0.1, -0.05) is 12.1 Å². The SMILES string of the molecule is O=C(O)CN1CCn2c(nc(C(=O)CCc3ccc(F)cc3)c(O)c2=O)C1. The fourth-order valence-corrected chi connectivity index (χ4v) is 3.01. The normalized spacial score (nSPS) is 14.0. The molecule has 2 N–H and O–H groups in total. The second-order valence-electron chi connectivity index (χ2n) is 6.34. The van der Waals surface area contributed by atoms with Crippen molar-refractivity contribution in [1.29, 1.82) is 0 Å². The van der Waals surface area contributed by atoms with E-state index in [2.05, 4.69) is 4.98 Å². The van der Waals surface area contributed by atoms with Crippen LogP contribution in [0.25, 0.3) is 0 Å². The van der Waals surface area contributed by atoms with E-state index in [0.29, 0.717) is 13.0 Å². The van der Waals surface area contributed by atoms with Crippen LogP contribution in [-0.4, -0.2) is 49.5 Å². The Morgan fingerprint density at radius 1 is 1.19 bits per heavy atom. The largest absolute Gasteiger partial charge is 0.501 e. The van der Waals surface area contributed by atoms with Crippen LogP contribution in [0.1, 0.15) is 28.3 Å². The Bertz CT molecular complexity index is 939. The number of hydrogen-bond donors (Lipinski definition) is 2. The Hall–Kier alpha value is -3.07. The predicted molar refractivity (Wildman–Crippen MR) is 92.1 cm³/mol. The number of aryl methyl sites for hydroxylation is 1. The van der Waals surface area contributed by atoms with Gasteiger partial charge in [0.05, 0.1) is 13.1 Å². The maximum Gasteiger partial charge on any atom is 0.317 e. The number of carbonyl (C=O) groups excluding carboxylic acids is 1. The molecule has 9 heteroatoms. The van der Waals surface area contributed by atoms with E-state index in [1.54, 1.807) is 17.0 Å². The zero-order chi connectivity index (χ0) is 19.6. The average Bonchev–Trinajstić information content (AvgIpc) is 2.63. The summed E-state index contributed by atoms with van der Waals surface area (Å²) in [6.07, 6.45) is 0.303. The maximum atomic E-state index is 12.9. The second kappa shape index (κ2) is 7.67. The minimum atomic E-state index is -1.000. The van der Waals surface area contributed by atoms with E-state index < -0.39 is 23.1 Å². The molecule has 2 heterocycles. The number of fused-ring (bicyclic) bond motifs is 1. The average molecular weight is 375 g/mol. The van der Waals surface area contributed by atoms with E-state index in [4.69, 9.17) is 5.11 Å². The number of carboxylic acid groups (broad SMARTS) is 1. The molecule has 0 spiro atoms. The molecule has 8 nitrogen and oxygen atoms in total. The van der Waals surface area contributed by atoms with Crippen molar-refractivity contribution in [3.63, 3.8) is 0 Å². The summed E-state index contributed by atoms with van der Waals surface area (Å²) in [5, 5.41) is 19.0. The van der Waals surface area contributed by atoms with Crippen LogP contribution in [0.3, 0.4) is 0 Å². The van der Waals surface area contributed by atoms with Crippen LogP contribution in [0.5, 0.6) is 5.75 Å². The zero-order valence-electron chi connectivity index (χ0n) is 14.4. The van der Waals surface area contributed by atoms with E-state index >= 15 is 0 Å². The number of carbonyl (C=O) groups is 2. The van der Waals surface area contributed by atoms with Gasteiger partial charge in [-0.3, -0.25) is 23.9 Å². The monoisotopic (exact) mass is 375 g/mol. The van der Waals surface area contributed by atoms with Crippen molar-refractivity contribution < 1.29 is 24.2 Å². The van der Waals surface area contributed by atoms with Crippen molar-refractivity contribution in [3.05, 3.63) is 57.5 Å². The van der Waals surface area contributed by atoms with E-state index in [1.165, 1.54) is 16.7 Å². The highest BCUT2D eigenvalue weighted by atomic mass is 19.1. The van der Waals surface area contributed by atoms with Crippen molar-refractivity contribution >= 4 is 11.8 Å². The van der Waals surface area contributed by atoms with Gasteiger partial charge in [0.25, 0.3) is 5.56 Å². The molecule has 0 radical (unpaired) electrons.